The molecule has 5 heteroatoms. The van der Waals surface area contributed by atoms with Crippen LogP contribution in [0, 0.1) is 5.92 Å². The number of aromatic nitrogens is 2. The van der Waals surface area contributed by atoms with Crippen LogP contribution in [0.25, 0.3) is 0 Å². The van der Waals surface area contributed by atoms with Gasteiger partial charge in [0.15, 0.2) is 5.75 Å². The molecule has 98 valence electrons. The number of rotatable bonds is 8. The summed E-state index contributed by atoms with van der Waals surface area (Å²) >= 11 is 0. The molecule has 0 aliphatic carbocycles. The summed E-state index contributed by atoms with van der Waals surface area (Å²) in [6.07, 6.45) is 2.72. The summed E-state index contributed by atoms with van der Waals surface area (Å²) < 4.78 is 12.2. The van der Waals surface area contributed by atoms with Crippen LogP contribution in [-0.4, -0.2) is 43.7 Å². The Labute approximate surface area is 103 Å². The van der Waals surface area contributed by atoms with Crippen LogP contribution in [0.4, 0.5) is 0 Å². The van der Waals surface area contributed by atoms with Crippen molar-refractivity contribution in [3.8, 4) is 5.75 Å². The Hall–Kier alpha value is -1.07. The van der Waals surface area contributed by atoms with E-state index in [1.165, 1.54) is 0 Å². The second kappa shape index (κ2) is 7.29. The number of hydrogen-bond acceptors (Lipinski definition) is 4. The Morgan fingerprint density at radius 2 is 2.24 bits per heavy atom. The van der Waals surface area contributed by atoms with Gasteiger partial charge in [0.05, 0.1) is 25.6 Å². The number of aryl methyl sites for hydroxylation is 1. The van der Waals surface area contributed by atoms with E-state index >= 15 is 0 Å². The maximum absolute atomic E-state index is 5.29. The zero-order valence-corrected chi connectivity index (χ0v) is 11.2. The second-order valence-electron chi connectivity index (χ2n) is 4.29. The third kappa shape index (κ3) is 4.36. The minimum absolute atomic E-state index is 0.538. The van der Waals surface area contributed by atoms with Crippen LogP contribution in [0.5, 0.6) is 5.75 Å². The molecule has 0 fully saturated rings. The summed E-state index contributed by atoms with van der Waals surface area (Å²) in [6.45, 7) is 4.83. The number of nitrogens with zero attached hydrogens (tertiary/aromatic N) is 2. The topological polar surface area (TPSA) is 48.3 Å². The summed E-state index contributed by atoms with van der Waals surface area (Å²) in [6, 6.07) is 0. The Morgan fingerprint density at radius 1 is 1.47 bits per heavy atom. The largest absolute Gasteiger partial charge is 0.493 e. The minimum Gasteiger partial charge on any atom is -0.493 e. The third-order valence-corrected chi connectivity index (χ3v) is 2.76. The molecule has 0 radical (unpaired) electrons. The smallest absolute Gasteiger partial charge is 0.159 e. The fourth-order valence-corrected chi connectivity index (χ4v) is 1.77. The second-order valence-corrected chi connectivity index (χ2v) is 4.29. The van der Waals surface area contributed by atoms with E-state index in [0.29, 0.717) is 5.92 Å². The van der Waals surface area contributed by atoms with Gasteiger partial charge in [-0.05, 0) is 18.9 Å². The van der Waals surface area contributed by atoms with E-state index in [-0.39, 0.29) is 0 Å². The van der Waals surface area contributed by atoms with Gasteiger partial charge in [-0.1, -0.05) is 6.92 Å². The van der Waals surface area contributed by atoms with Gasteiger partial charge in [-0.2, -0.15) is 5.10 Å². The Kier molecular flexibility index (Phi) is 6.00. The molecule has 0 saturated carbocycles. The lowest BCUT2D eigenvalue weighted by atomic mass is 10.1. The fourth-order valence-electron chi connectivity index (χ4n) is 1.77. The maximum atomic E-state index is 5.29. The molecule has 1 N–H and O–H groups in total. The number of methoxy groups -OCH3 is 2. The highest BCUT2D eigenvalue weighted by atomic mass is 16.5. The van der Waals surface area contributed by atoms with Gasteiger partial charge >= 0.3 is 0 Å². The van der Waals surface area contributed by atoms with Gasteiger partial charge in [0.25, 0.3) is 0 Å². The van der Waals surface area contributed by atoms with E-state index in [9.17, 15) is 0 Å². The van der Waals surface area contributed by atoms with Gasteiger partial charge in [-0.3, -0.25) is 4.68 Å². The first kappa shape index (κ1) is 14.0. The maximum Gasteiger partial charge on any atom is 0.159 e. The van der Waals surface area contributed by atoms with Crippen molar-refractivity contribution >= 4 is 0 Å². The van der Waals surface area contributed by atoms with Crippen LogP contribution in [-0.2, 0) is 18.2 Å². The molecule has 1 aromatic heterocycles. The van der Waals surface area contributed by atoms with Crippen molar-refractivity contribution in [3.63, 3.8) is 0 Å². The SMILES string of the molecule is COCCNCC(C)Cc1c(OC)cnn1C. The van der Waals surface area contributed by atoms with E-state index in [0.717, 1.165) is 37.6 Å². The summed E-state index contributed by atoms with van der Waals surface area (Å²) in [7, 11) is 5.34. The quantitative estimate of drug-likeness (QED) is 0.685. The molecule has 0 aliphatic heterocycles. The van der Waals surface area contributed by atoms with Crippen molar-refractivity contribution in [2.24, 2.45) is 13.0 Å². The molecule has 1 aromatic rings. The third-order valence-electron chi connectivity index (χ3n) is 2.76. The molecule has 1 unspecified atom stereocenters. The average Bonchev–Trinajstić information content (AvgIpc) is 2.66. The zero-order valence-electron chi connectivity index (χ0n) is 11.2. The summed E-state index contributed by atoms with van der Waals surface area (Å²) in [4.78, 5) is 0. The van der Waals surface area contributed by atoms with Gasteiger partial charge in [0.1, 0.15) is 0 Å². The number of nitrogens with one attached hydrogen (secondary N) is 1. The monoisotopic (exact) mass is 241 g/mol. The van der Waals surface area contributed by atoms with Crippen molar-refractivity contribution in [2.45, 2.75) is 13.3 Å². The predicted octanol–water partition coefficient (Wildman–Crippen LogP) is 0.843. The van der Waals surface area contributed by atoms with E-state index in [1.54, 1.807) is 20.4 Å². The Balaban J connectivity index is 2.39. The van der Waals surface area contributed by atoms with Crippen LogP contribution in [0.2, 0.25) is 0 Å². The minimum atomic E-state index is 0.538. The lowest BCUT2D eigenvalue weighted by Crippen LogP contribution is -2.26. The van der Waals surface area contributed by atoms with Gasteiger partial charge in [-0.25, -0.2) is 0 Å². The van der Waals surface area contributed by atoms with Crippen LogP contribution >= 0.6 is 0 Å². The highest BCUT2D eigenvalue weighted by Crippen LogP contribution is 2.19. The molecule has 0 bridgehead atoms. The zero-order chi connectivity index (χ0) is 12.7. The lowest BCUT2D eigenvalue weighted by molar-refractivity contribution is 0.198. The Morgan fingerprint density at radius 3 is 2.88 bits per heavy atom. The van der Waals surface area contributed by atoms with Crippen LogP contribution in [0.1, 0.15) is 12.6 Å². The molecule has 5 nitrogen and oxygen atoms in total. The first-order valence-electron chi connectivity index (χ1n) is 5.93. The standard InChI is InChI=1S/C12H23N3O2/c1-10(8-13-5-6-16-3)7-11-12(17-4)9-14-15(11)2/h9-10,13H,5-8H2,1-4H3. The molecule has 17 heavy (non-hydrogen) atoms. The Bertz CT molecular complexity index is 326. The van der Waals surface area contributed by atoms with Crippen LogP contribution in [0.3, 0.4) is 0 Å². The summed E-state index contributed by atoms with van der Waals surface area (Å²) in [5.41, 5.74) is 1.15. The molecule has 1 atom stereocenters. The molecule has 0 aliphatic rings. The van der Waals surface area contributed by atoms with Gasteiger partial charge in [0.2, 0.25) is 0 Å². The molecule has 0 spiro atoms. The van der Waals surface area contributed by atoms with Crippen molar-refractivity contribution in [1.29, 1.82) is 0 Å². The van der Waals surface area contributed by atoms with Crippen LogP contribution < -0.4 is 10.1 Å². The molecular formula is C12H23N3O2. The van der Waals surface area contributed by atoms with E-state index in [2.05, 4.69) is 17.3 Å². The van der Waals surface area contributed by atoms with Crippen molar-refractivity contribution < 1.29 is 9.47 Å². The molecule has 1 rings (SSSR count). The summed E-state index contributed by atoms with van der Waals surface area (Å²) in [5, 5.41) is 7.56. The molecule has 0 amide bonds. The first-order chi connectivity index (χ1) is 8.19. The first-order valence-corrected chi connectivity index (χ1v) is 5.93. The highest BCUT2D eigenvalue weighted by Gasteiger charge is 2.12. The van der Waals surface area contributed by atoms with E-state index in [1.807, 2.05) is 11.7 Å². The van der Waals surface area contributed by atoms with E-state index < -0.39 is 0 Å². The van der Waals surface area contributed by atoms with Gasteiger partial charge < -0.3 is 14.8 Å². The average molecular weight is 241 g/mol. The molecular weight excluding hydrogens is 218 g/mol. The predicted molar refractivity (Wildman–Crippen MR) is 67.4 cm³/mol. The fraction of sp³-hybridized carbons (Fsp3) is 0.750. The van der Waals surface area contributed by atoms with Crippen LogP contribution in [0.15, 0.2) is 6.20 Å². The number of ether oxygens (including phenoxy) is 2. The van der Waals surface area contributed by atoms with Crippen molar-refractivity contribution in [1.82, 2.24) is 15.1 Å². The number of hydrogen-bond donors (Lipinski definition) is 1. The summed E-state index contributed by atoms with van der Waals surface area (Å²) in [5.74, 6) is 1.41. The normalized spacial score (nSPS) is 12.7. The molecule has 0 saturated heterocycles. The molecule has 1 heterocycles. The van der Waals surface area contributed by atoms with Crippen molar-refractivity contribution in [3.05, 3.63) is 11.9 Å². The van der Waals surface area contributed by atoms with Crippen molar-refractivity contribution in [2.75, 3.05) is 33.9 Å². The molecule has 0 aromatic carbocycles. The lowest BCUT2D eigenvalue weighted by Gasteiger charge is -2.13. The van der Waals surface area contributed by atoms with E-state index in [4.69, 9.17) is 9.47 Å². The van der Waals surface area contributed by atoms with Gasteiger partial charge in [-0.15, -0.1) is 0 Å². The highest BCUT2D eigenvalue weighted by molar-refractivity contribution is 5.25. The van der Waals surface area contributed by atoms with Gasteiger partial charge in [0, 0.05) is 20.7 Å².